The fourth-order valence-electron chi connectivity index (χ4n) is 1.54. The van der Waals surface area contributed by atoms with Gasteiger partial charge in [0.05, 0.1) is 4.88 Å². The number of rotatable bonds is 9. The molecular formula is C13H18N2O4S2. The van der Waals surface area contributed by atoms with Gasteiger partial charge >= 0.3 is 5.97 Å². The summed E-state index contributed by atoms with van der Waals surface area (Å²) in [5.41, 5.74) is 0. The lowest BCUT2D eigenvalue weighted by atomic mass is 10.2. The van der Waals surface area contributed by atoms with E-state index in [0.29, 0.717) is 17.1 Å². The van der Waals surface area contributed by atoms with Crippen molar-refractivity contribution in [2.75, 3.05) is 18.6 Å². The normalized spacial score (nSPS) is 11.7. The van der Waals surface area contributed by atoms with Gasteiger partial charge in [-0.1, -0.05) is 6.07 Å². The van der Waals surface area contributed by atoms with Gasteiger partial charge < -0.3 is 15.7 Å². The molecule has 0 saturated carbocycles. The predicted octanol–water partition coefficient (Wildman–Crippen LogP) is 1.19. The first-order chi connectivity index (χ1) is 10.0. The van der Waals surface area contributed by atoms with Gasteiger partial charge in [-0.25, -0.2) is 4.79 Å². The summed E-state index contributed by atoms with van der Waals surface area (Å²) in [5.74, 6) is -0.989. The molecule has 1 aromatic heterocycles. The summed E-state index contributed by atoms with van der Waals surface area (Å²) in [7, 11) is 0. The number of hydrogen-bond acceptors (Lipinski definition) is 5. The first kappa shape index (κ1) is 17.5. The number of thiophene rings is 1. The Morgan fingerprint density at radius 2 is 2.19 bits per heavy atom. The number of carboxylic acid groups (broad SMARTS) is 1. The third kappa shape index (κ3) is 6.63. The molecule has 1 heterocycles. The van der Waals surface area contributed by atoms with Crippen LogP contribution in [0.15, 0.2) is 17.5 Å². The third-order valence-electron chi connectivity index (χ3n) is 2.63. The van der Waals surface area contributed by atoms with Crippen LogP contribution in [0.25, 0.3) is 0 Å². The summed E-state index contributed by atoms with van der Waals surface area (Å²) in [6.45, 7) is 0.178. The molecule has 0 aliphatic heterocycles. The lowest BCUT2D eigenvalue weighted by Crippen LogP contribution is -2.42. The van der Waals surface area contributed by atoms with E-state index in [9.17, 15) is 14.4 Å². The molecule has 0 aliphatic carbocycles. The zero-order valence-electron chi connectivity index (χ0n) is 11.6. The van der Waals surface area contributed by atoms with Gasteiger partial charge in [0.25, 0.3) is 5.91 Å². The van der Waals surface area contributed by atoms with E-state index in [-0.39, 0.29) is 24.8 Å². The summed E-state index contributed by atoms with van der Waals surface area (Å²) < 4.78 is 0. The highest BCUT2D eigenvalue weighted by Crippen LogP contribution is 2.07. The quantitative estimate of drug-likeness (QED) is 0.632. The zero-order valence-corrected chi connectivity index (χ0v) is 13.3. The minimum Gasteiger partial charge on any atom is -0.480 e. The Bertz CT molecular complexity index is 477. The van der Waals surface area contributed by atoms with Crippen molar-refractivity contribution in [3.05, 3.63) is 22.4 Å². The SMILES string of the molecule is CSCC[C@@H](NC(=O)CCNC(=O)c1cccs1)C(=O)O. The Balaban J connectivity index is 2.29. The van der Waals surface area contributed by atoms with Gasteiger partial charge in [-0.2, -0.15) is 11.8 Å². The monoisotopic (exact) mass is 330 g/mol. The van der Waals surface area contributed by atoms with E-state index in [4.69, 9.17) is 5.11 Å². The molecule has 1 atom stereocenters. The van der Waals surface area contributed by atoms with Crippen molar-refractivity contribution in [1.29, 1.82) is 0 Å². The van der Waals surface area contributed by atoms with E-state index in [1.165, 1.54) is 23.1 Å². The minimum atomic E-state index is -1.04. The maximum atomic E-state index is 11.7. The lowest BCUT2D eigenvalue weighted by Gasteiger charge is -2.14. The lowest BCUT2D eigenvalue weighted by molar-refractivity contribution is -0.141. The van der Waals surface area contributed by atoms with Crippen LogP contribution in [0.3, 0.4) is 0 Å². The third-order valence-corrected chi connectivity index (χ3v) is 4.14. The zero-order chi connectivity index (χ0) is 15.7. The number of hydrogen-bond donors (Lipinski definition) is 3. The molecule has 3 N–H and O–H groups in total. The fraction of sp³-hybridized carbons (Fsp3) is 0.462. The van der Waals surface area contributed by atoms with Gasteiger partial charge in [0.15, 0.2) is 0 Å². The van der Waals surface area contributed by atoms with Crippen molar-refractivity contribution in [1.82, 2.24) is 10.6 Å². The average molecular weight is 330 g/mol. The number of carbonyl (C=O) groups excluding carboxylic acids is 2. The molecule has 2 amide bonds. The van der Waals surface area contributed by atoms with Crippen LogP contribution < -0.4 is 10.6 Å². The number of carbonyl (C=O) groups is 3. The van der Waals surface area contributed by atoms with Crippen LogP contribution in [-0.4, -0.2) is 47.5 Å². The van der Waals surface area contributed by atoms with Crippen molar-refractivity contribution < 1.29 is 19.5 Å². The maximum Gasteiger partial charge on any atom is 0.326 e. The van der Waals surface area contributed by atoms with Crippen molar-refractivity contribution in [2.24, 2.45) is 0 Å². The van der Waals surface area contributed by atoms with Crippen LogP contribution in [0, 0.1) is 0 Å². The Hall–Kier alpha value is -1.54. The largest absolute Gasteiger partial charge is 0.480 e. The number of carboxylic acids is 1. The van der Waals surface area contributed by atoms with E-state index >= 15 is 0 Å². The van der Waals surface area contributed by atoms with Gasteiger partial charge in [-0.05, 0) is 29.9 Å². The van der Waals surface area contributed by atoms with E-state index in [1.807, 2.05) is 6.26 Å². The predicted molar refractivity (Wildman–Crippen MR) is 83.8 cm³/mol. The summed E-state index contributed by atoms with van der Waals surface area (Å²) in [4.78, 5) is 34.9. The molecule has 8 heteroatoms. The van der Waals surface area contributed by atoms with E-state index in [2.05, 4.69) is 10.6 Å². The molecule has 0 aromatic carbocycles. The highest BCUT2D eigenvalue weighted by molar-refractivity contribution is 7.98. The van der Waals surface area contributed by atoms with Crippen LogP contribution in [0.5, 0.6) is 0 Å². The van der Waals surface area contributed by atoms with Crippen molar-refractivity contribution in [3.8, 4) is 0 Å². The Labute approximate surface area is 131 Å². The number of thioether (sulfide) groups is 1. The summed E-state index contributed by atoms with van der Waals surface area (Å²) >= 11 is 2.85. The average Bonchev–Trinajstić information content (AvgIpc) is 2.97. The number of amides is 2. The van der Waals surface area contributed by atoms with Crippen molar-refractivity contribution >= 4 is 40.9 Å². The van der Waals surface area contributed by atoms with Gasteiger partial charge in [-0.3, -0.25) is 9.59 Å². The van der Waals surface area contributed by atoms with Gasteiger partial charge in [0, 0.05) is 13.0 Å². The molecule has 0 aliphatic rings. The van der Waals surface area contributed by atoms with Crippen LogP contribution in [0.4, 0.5) is 0 Å². The Morgan fingerprint density at radius 3 is 2.76 bits per heavy atom. The molecule has 1 aromatic rings. The molecule has 0 radical (unpaired) electrons. The molecule has 0 bridgehead atoms. The molecule has 0 spiro atoms. The van der Waals surface area contributed by atoms with Gasteiger partial charge in [-0.15, -0.1) is 11.3 Å². The smallest absolute Gasteiger partial charge is 0.326 e. The van der Waals surface area contributed by atoms with Crippen molar-refractivity contribution in [2.45, 2.75) is 18.9 Å². The maximum absolute atomic E-state index is 11.7. The molecule has 0 unspecified atom stereocenters. The summed E-state index contributed by atoms with van der Waals surface area (Å²) in [5, 5.41) is 15.9. The number of nitrogens with one attached hydrogen (secondary N) is 2. The standard InChI is InChI=1S/C13H18N2O4S2/c1-20-8-5-9(13(18)19)15-11(16)4-6-14-12(17)10-3-2-7-21-10/h2-3,7,9H,4-6,8H2,1H3,(H,14,17)(H,15,16)(H,18,19)/t9-/m1/s1. The molecule has 116 valence electrons. The fourth-order valence-corrected chi connectivity index (χ4v) is 2.66. The van der Waals surface area contributed by atoms with Gasteiger partial charge in [0.1, 0.15) is 6.04 Å². The molecule has 0 saturated heterocycles. The first-order valence-electron chi connectivity index (χ1n) is 6.37. The second-order valence-corrected chi connectivity index (χ2v) is 6.16. The summed E-state index contributed by atoms with van der Waals surface area (Å²) in [6, 6.07) is 2.59. The minimum absolute atomic E-state index is 0.0557. The van der Waals surface area contributed by atoms with Crippen LogP contribution in [0.1, 0.15) is 22.5 Å². The van der Waals surface area contributed by atoms with E-state index in [0.717, 1.165) is 0 Å². The van der Waals surface area contributed by atoms with E-state index < -0.39 is 12.0 Å². The Morgan fingerprint density at radius 1 is 1.43 bits per heavy atom. The topological polar surface area (TPSA) is 95.5 Å². The first-order valence-corrected chi connectivity index (χ1v) is 8.64. The second-order valence-electron chi connectivity index (χ2n) is 4.22. The molecule has 0 fully saturated rings. The highest BCUT2D eigenvalue weighted by Gasteiger charge is 2.19. The van der Waals surface area contributed by atoms with Crippen LogP contribution in [0.2, 0.25) is 0 Å². The van der Waals surface area contributed by atoms with Gasteiger partial charge in [0.2, 0.25) is 5.91 Å². The van der Waals surface area contributed by atoms with Crippen LogP contribution in [-0.2, 0) is 9.59 Å². The van der Waals surface area contributed by atoms with E-state index in [1.54, 1.807) is 17.5 Å². The molecular weight excluding hydrogens is 312 g/mol. The van der Waals surface area contributed by atoms with Crippen molar-refractivity contribution in [3.63, 3.8) is 0 Å². The molecule has 21 heavy (non-hydrogen) atoms. The Kier molecular flexibility index (Phi) is 7.84. The summed E-state index contributed by atoms with van der Waals surface area (Å²) in [6.07, 6.45) is 2.31. The molecule has 6 nitrogen and oxygen atoms in total. The second kappa shape index (κ2) is 9.41. The highest BCUT2D eigenvalue weighted by atomic mass is 32.2. The van der Waals surface area contributed by atoms with Crippen LogP contribution >= 0.6 is 23.1 Å². The molecule has 1 rings (SSSR count). The number of aliphatic carboxylic acids is 1.